The molecule has 1 aromatic rings. The zero-order valence-corrected chi connectivity index (χ0v) is 15.7. The lowest BCUT2D eigenvalue weighted by Gasteiger charge is -2.37. The summed E-state index contributed by atoms with van der Waals surface area (Å²) >= 11 is 0. The number of nitrogens with zero attached hydrogens (tertiary/aromatic N) is 2. The Hall–Kier alpha value is -2.44. The molecular formula is C19H27N3O4. The Morgan fingerprint density at radius 3 is 2.50 bits per heavy atom. The maximum Gasteiger partial charge on any atom is 0.410 e. The molecule has 0 aromatic heterocycles. The zero-order valence-electron chi connectivity index (χ0n) is 15.7. The highest BCUT2D eigenvalue weighted by Crippen LogP contribution is 2.32. The van der Waals surface area contributed by atoms with Gasteiger partial charge in [-0.1, -0.05) is 6.07 Å². The highest BCUT2D eigenvalue weighted by Gasteiger charge is 2.28. The molecule has 26 heavy (non-hydrogen) atoms. The molecule has 1 atom stereocenters. The lowest BCUT2D eigenvalue weighted by atomic mass is 9.96. The van der Waals surface area contributed by atoms with Crippen LogP contribution in [0.3, 0.4) is 0 Å². The number of benzene rings is 1. The molecule has 142 valence electrons. The number of amides is 2. The van der Waals surface area contributed by atoms with Crippen LogP contribution >= 0.6 is 0 Å². The van der Waals surface area contributed by atoms with Crippen LogP contribution in [0.15, 0.2) is 18.2 Å². The first-order valence-electron chi connectivity index (χ1n) is 9.01. The molecule has 7 nitrogen and oxygen atoms in total. The molecule has 1 saturated heterocycles. The second-order valence-electron chi connectivity index (χ2n) is 7.86. The molecule has 2 heterocycles. The van der Waals surface area contributed by atoms with E-state index in [0.717, 1.165) is 30.1 Å². The van der Waals surface area contributed by atoms with Crippen LogP contribution in [0.4, 0.5) is 10.5 Å². The van der Waals surface area contributed by atoms with Gasteiger partial charge in [-0.2, -0.15) is 0 Å². The molecule has 1 aromatic carbocycles. The third kappa shape index (κ3) is 4.20. The van der Waals surface area contributed by atoms with Crippen molar-refractivity contribution in [2.45, 2.75) is 32.8 Å². The minimum atomic E-state index is -0.479. The number of ether oxygens (including phenoxy) is 2. The van der Waals surface area contributed by atoms with Gasteiger partial charge in [0.1, 0.15) is 18.0 Å². The SMILES string of the molecule is CC(C)(C)OC(=O)N1CCN(c2ccc3c(c2)OCC(C(N)=O)C3)CC1. The summed E-state index contributed by atoms with van der Waals surface area (Å²) in [4.78, 5) is 27.5. The molecule has 0 aliphatic carbocycles. The number of fused-ring (bicyclic) bond motifs is 1. The van der Waals surface area contributed by atoms with Crippen molar-refractivity contribution in [1.82, 2.24) is 4.90 Å². The van der Waals surface area contributed by atoms with E-state index >= 15 is 0 Å². The molecule has 0 bridgehead atoms. The van der Waals surface area contributed by atoms with Crippen LogP contribution in [0.1, 0.15) is 26.3 Å². The fraction of sp³-hybridized carbons (Fsp3) is 0.579. The standard InChI is InChI=1S/C19H27N3O4/c1-19(2,3)26-18(24)22-8-6-21(7-9-22)15-5-4-13-10-14(17(20)23)12-25-16(13)11-15/h4-5,11,14H,6-10,12H2,1-3H3,(H2,20,23). The van der Waals surface area contributed by atoms with Crippen molar-refractivity contribution in [3.8, 4) is 5.75 Å². The molecule has 1 unspecified atom stereocenters. The van der Waals surface area contributed by atoms with Gasteiger partial charge in [0.05, 0.1) is 5.92 Å². The number of anilines is 1. The van der Waals surface area contributed by atoms with Crippen molar-refractivity contribution in [2.24, 2.45) is 11.7 Å². The number of carbonyl (C=O) groups is 2. The minimum absolute atomic E-state index is 0.259. The van der Waals surface area contributed by atoms with Crippen LogP contribution in [-0.2, 0) is 16.0 Å². The molecule has 1 fully saturated rings. The van der Waals surface area contributed by atoms with Gasteiger partial charge in [0.15, 0.2) is 0 Å². The lowest BCUT2D eigenvalue weighted by Crippen LogP contribution is -2.50. The molecule has 2 amide bonds. The lowest BCUT2D eigenvalue weighted by molar-refractivity contribution is -0.123. The summed E-state index contributed by atoms with van der Waals surface area (Å²) in [6, 6.07) is 6.05. The van der Waals surface area contributed by atoms with Crippen molar-refractivity contribution in [2.75, 3.05) is 37.7 Å². The maximum atomic E-state index is 12.2. The third-order valence-corrected chi connectivity index (χ3v) is 4.66. The van der Waals surface area contributed by atoms with Crippen molar-refractivity contribution >= 4 is 17.7 Å². The maximum absolute atomic E-state index is 12.2. The van der Waals surface area contributed by atoms with Crippen LogP contribution in [0.25, 0.3) is 0 Å². The summed E-state index contributed by atoms with van der Waals surface area (Å²) < 4.78 is 11.2. The Labute approximate surface area is 154 Å². The van der Waals surface area contributed by atoms with E-state index in [4.69, 9.17) is 15.2 Å². The molecule has 2 aliphatic rings. The average molecular weight is 361 g/mol. The van der Waals surface area contributed by atoms with E-state index in [1.807, 2.05) is 39.0 Å². The first-order chi connectivity index (χ1) is 12.2. The highest BCUT2D eigenvalue weighted by molar-refractivity contribution is 5.77. The van der Waals surface area contributed by atoms with E-state index in [1.165, 1.54) is 0 Å². The van der Waals surface area contributed by atoms with Crippen LogP contribution in [0.5, 0.6) is 5.75 Å². The van der Waals surface area contributed by atoms with Crippen molar-refractivity contribution in [3.63, 3.8) is 0 Å². The van der Waals surface area contributed by atoms with Gasteiger partial charge in [-0.05, 0) is 38.8 Å². The number of primary amides is 1. The van der Waals surface area contributed by atoms with Gasteiger partial charge < -0.3 is 25.0 Å². The molecule has 3 rings (SSSR count). The Morgan fingerprint density at radius 1 is 1.19 bits per heavy atom. The summed E-state index contributed by atoms with van der Waals surface area (Å²) in [5, 5.41) is 0. The molecule has 2 N–H and O–H groups in total. The minimum Gasteiger partial charge on any atom is -0.492 e. The van der Waals surface area contributed by atoms with Crippen LogP contribution in [0.2, 0.25) is 0 Å². The second-order valence-corrected chi connectivity index (χ2v) is 7.86. The van der Waals surface area contributed by atoms with E-state index < -0.39 is 5.60 Å². The Morgan fingerprint density at radius 2 is 1.88 bits per heavy atom. The van der Waals surface area contributed by atoms with E-state index in [-0.39, 0.29) is 17.9 Å². The zero-order chi connectivity index (χ0) is 18.9. The summed E-state index contributed by atoms with van der Waals surface area (Å²) in [5.41, 5.74) is 6.97. The van der Waals surface area contributed by atoms with E-state index in [0.29, 0.717) is 26.1 Å². The number of nitrogens with two attached hydrogens (primary N) is 1. The van der Waals surface area contributed by atoms with Crippen molar-refractivity contribution < 1.29 is 19.1 Å². The summed E-state index contributed by atoms with van der Waals surface area (Å²) in [6.07, 6.45) is 0.362. The largest absolute Gasteiger partial charge is 0.492 e. The molecule has 2 aliphatic heterocycles. The molecular weight excluding hydrogens is 334 g/mol. The fourth-order valence-electron chi connectivity index (χ4n) is 3.21. The first kappa shape index (κ1) is 18.4. The second kappa shape index (κ2) is 7.05. The smallest absolute Gasteiger partial charge is 0.410 e. The van der Waals surface area contributed by atoms with Gasteiger partial charge in [-0.3, -0.25) is 4.79 Å². The monoisotopic (exact) mass is 361 g/mol. The quantitative estimate of drug-likeness (QED) is 0.868. The third-order valence-electron chi connectivity index (χ3n) is 4.66. The molecule has 0 radical (unpaired) electrons. The topological polar surface area (TPSA) is 85.1 Å². The van der Waals surface area contributed by atoms with Crippen molar-refractivity contribution in [1.29, 1.82) is 0 Å². The number of piperazine rings is 1. The predicted molar refractivity (Wildman–Crippen MR) is 98.3 cm³/mol. The summed E-state index contributed by atoms with van der Waals surface area (Å²) in [6.45, 7) is 8.67. The molecule has 0 saturated carbocycles. The Balaban J connectivity index is 1.60. The highest BCUT2D eigenvalue weighted by atomic mass is 16.6. The Kier molecular flexibility index (Phi) is 4.98. The Bertz CT molecular complexity index is 691. The summed E-state index contributed by atoms with van der Waals surface area (Å²) in [5.74, 6) is 0.235. The normalized spacial score (nSPS) is 20.2. The van der Waals surface area contributed by atoms with E-state index in [9.17, 15) is 9.59 Å². The van der Waals surface area contributed by atoms with E-state index in [2.05, 4.69) is 4.90 Å². The fourth-order valence-corrected chi connectivity index (χ4v) is 3.21. The first-order valence-corrected chi connectivity index (χ1v) is 9.01. The predicted octanol–water partition coefficient (Wildman–Crippen LogP) is 1.78. The number of hydrogen-bond acceptors (Lipinski definition) is 5. The molecule has 7 heteroatoms. The van der Waals surface area contributed by atoms with E-state index in [1.54, 1.807) is 4.90 Å². The van der Waals surface area contributed by atoms with Crippen LogP contribution in [0, 0.1) is 5.92 Å². The van der Waals surface area contributed by atoms with Gasteiger partial charge in [0.2, 0.25) is 5.91 Å². The number of hydrogen-bond donors (Lipinski definition) is 1. The van der Waals surface area contributed by atoms with Crippen LogP contribution in [-0.4, -0.2) is 55.3 Å². The van der Waals surface area contributed by atoms with Gasteiger partial charge in [-0.15, -0.1) is 0 Å². The van der Waals surface area contributed by atoms with Gasteiger partial charge in [-0.25, -0.2) is 4.79 Å². The van der Waals surface area contributed by atoms with Crippen LogP contribution < -0.4 is 15.4 Å². The number of carbonyl (C=O) groups excluding carboxylic acids is 2. The van der Waals surface area contributed by atoms with Gasteiger partial charge in [0, 0.05) is 37.9 Å². The average Bonchev–Trinajstić information content (AvgIpc) is 2.59. The number of rotatable bonds is 2. The summed E-state index contributed by atoms with van der Waals surface area (Å²) in [7, 11) is 0. The molecule has 0 spiro atoms. The van der Waals surface area contributed by atoms with Gasteiger partial charge in [0.25, 0.3) is 0 Å². The van der Waals surface area contributed by atoms with Gasteiger partial charge >= 0.3 is 6.09 Å². The van der Waals surface area contributed by atoms with Crippen molar-refractivity contribution in [3.05, 3.63) is 23.8 Å².